The minimum atomic E-state index is -0.447. The van der Waals surface area contributed by atoms with E-state index in [0.717, 1.165) is 6.42 Å². The van der Waals surface area contributed by atoms with Crippen LogP contribution < -0.4 is 5.73 Å². The molecule has 0 heterocycles. The molecular weight excluding hydrogens is 166 g/mol. The summed E-state index contributed by atoms with van der Waals surface area (Å²) in [6.07, 6.45) is 0.791. The fourth-order valence-electron chi connectivity index (χ4n) is 1.67. The van der Waals surface area contributed by atoms with Gasteiger partial charge >= 0.3 is 5.97 Å². The van der Waals surface area contributed by atoms with Crippen LogP contribution in [0.15, 0.2) is 0 Å². The maximum atomic E-state index is 11.4. The van der Waals surface area contributed by atoms with Gasteiger partial charge in [0.15, 0.2) is 0 Å². The van der Waals surface area contributed by atoms with Gasteiger partial charge < -0.3 is 4.74 Å². The molecule has 0 aliphatic rings. The molecule has 78 valence electrons. The highest BCUT2D eigenvalue weighted by molar-refractivity contribution is 5.75. The van der Waals surface area contributed by atoms with Crippen molar-refractivity contribution in [3.05, 3.63) is 0 Å². The van der Waals surface area contributed by atoms with Crippen molar-refractivity contribution in [3.8, 4) is 0 Å². The zero-order valence-corrected chi connectivity index (χ0v) is 9.31. The molecule has 0 amide bonds. The minimum Gasteiger partial charge on any atom is -0.450 e. The second kappa shape index (κ2) is 4.09. The van der Waals surface area contributed by atoms with Gasteiger partial charge in [0.25, 0.3) is 0 Å². The van der Waals surface area contributed by atoms with E-state index >= 15 is 0 Å². The Morgan fingerprint density at radius 1 is 1.23 bits per heavy atom. The van der Waals surface area contributed by atoms with Crippen molar-refractivity contribution in [1.82, 2.24) is 0 Å². The Morgan fingerprint density at radius 2 is 1.69 bits per heavy atom. The highest BCUT2D eigenvalue weighted by Gasteiger charge is 2.33. The summed E-state index contributed by atoms with van der Waals surface area (Å²) in [4.78, 5) is 11.4. The third-order valence-corrected chi connectivity index (χ3v) is 1.74. The van der Waals surface area contributed by atoms with Crippen molar-refractivity contribution in [2.45, 2.75) is 41.0 Å². The zero-order chi connectivity index (χ0) is 10.7. The summed E-state index contributed by atoms with van der Waals surface area (Å²) < 4.78 is 4.79. The third-order valence-electron chi connectivity index (χ3n) is 1.74. The van der Waals surface area contributed by atoms with Crippen LogP contribution in [-0.2, 0) is 9.53 Å². The molecule has 0 aliphatic carbocycles. The Bertz CT molecular complexity index is 180. The van der Waals surface area contributed by atoms with Crippen molar-refractivity contribution in [1.29, 1.82) is 0 Å². The number of rotatable bonds is 3. The van der Waals surface area contributed by atoms with Crippen LogP contribution in [0.3, 0.4) is 0 Å². The first-order valence-corrected chi connectivity index (χ1v) is 4.56. The normalized spacial score (nSPS) is 12.8. The average molecular weight is 187 g/mol. The first-order valence-electron chi connectivity index (χ1n) is 4.56. The summed E-state index contributed by atoms with van der Waals surface area (Å²) in [5.74, 6) is -0.218. The van der Waals surface area contributed by atoms with Crippen LogP contribution in [0.2, 0.25) is 0 Å². The molecule has 0 aliphatic heterocycles. The van der Waals surface area contributed by atoms with Crippen molar-refractivity contribution in [2.24, 2.45) is 16.6 Å². The summed E-state index contributed by atoms with van der Waals surface area (Å²) in [6.45, 7) is 10.0. The van der Waals surface area contributed by atoms with Crippen LogP contribution in [-0.4, -0.2) is 12.7 Å². The van der Waals surface area contributed by atoms with Gasteiger partial charge in [0.1, 0.15) is 6.73 Å². The van der Waals surface area contributed by atoms with E-state index in [1.54, 1.807) is 0 Å². The molecule has 0 aromatic heterocycles. The molecule has 0 aromatic rings. The molecule has 0 spiro atoms. The summed E-state index contributed by atoms with van der Waals surface area (Å²) in [5.41, 5.74) is 4.82. The number of nitrogens with two attached hydrogens (primary N) is 1. The molecule has 0 fully saturated rings. The lowest BCUT2D eigenvalue weighted by molar-refractivity contribution is -0.155. The summed E-state index contributed by atoms with van der Waals surface area (Å²) >= 11 is 0. The largest absolute Gasteiger partial charge is 0.450 e. The van der Waals surface area contributed by atoms with Crippen LogP contribution >= 0.6 is 0 Å². The molecule has 3 heteroatoms. The molecule has 0 unspecified atom stereocenters. The smallest absolute Gasteiger partial charge is 0.312 e. The lowest BCUT2D eigenvalue weighted by Gasteiger charge is -2.30. The molecule has 3 nitrogen and oxygen atoms in total. The topological polar surface area (TPSA) is 52.3 Å². The van der Waals surface area contributed by atoms with E-state index in [2.05, 4.69) is 20.8 Å². The number of carbonyl (C=O) groups is 1. The Morgan fingerprint density at radius 3 is 2.00 bits per heavy atom. The fourth-order valence-corrected chi connectivity index (χ4v) is 1.67. The highest BCUT2D eigenvalue weighted by Crippen LogP contribution is 2.33. The summed E-state index contributed by atoms with van der Waals surface area (Å²) in [6, 6.07) is 0. The second-order valence-electron chi connectivity index (χ2n) is 5.22. The predicted molar refractivity (Wildman–Crippen MR) is 53.0 cm³/mol. The van der Waals surface area contributed by atoms with Crippen molar-refractivity contribution >= 4 is 5.97 Å². The van der Waals surface area contributed by atoms with Crippen LogP contribution in [0.4, 0.5) is 0 Å². The van der Waals surface area contributed by atoms with Crippen LogP contribution in [0, 0.1) is 10.8 Å². The van der Waals surface area contributed by atoms with E-state index in [4.69, 9.17) is 10.5 Å². The van der Waals surface area contributed by atoms with E-state index in [1.165, 1.54) is 0 Å². The van der Waals surface area contributed by atoms with Crippen LogP contribution in [0.25, 0.3) is 0 Å². The molecule has 13 heavy (non-hydrogen) atoms. The first-order chi connectivity index (χ1) is 5.69. The first kappa shape index (κ1) is 12.4. The van der Waals surface area contributed by atoms with Gasteiger partial charge in [0, 0.05) is 0 Å². The molecule has 0 saturated carbocycles. The van der Waals surface area contributed by atoms with Crippen molar-refractivity contribution in [2.75, 3.05) is 6.73 Å². The fraction of sp³-hybridized carbons (Fsp3) is 0.900. The van der Waals surface area contributed by atoms with E-state index < -0.39 is 5.41 Å². The van der Waals surface area contributed by atoms with Gasteiger partial charge in [-0.05, 0) is 25.7 Å². The minimum absolute atomic E-state index is 0.0353. The average Bonchev–Trinajstić information content (AvgIpc) is 1.82. The number of hydrogen-bond donors (Lipinski definition) is 1. The maximum Gasteiger partial charge on any atom is 0.312 e. The molecule has 0 radical (unpaired) electrons. The number of carbonyl (C=O) groups excluding carboxylic acids is 1. The number of esters is 1. The molecule has 0 aromatic carbocycles. The Labute approximate surface area is 80.6 Å². The zero-order valence-electron chi connectivity index (χ0n) is 9.31. The lowest BCUT2D eigenvalue weighted by atomic mass is 9.76. The van der Waals surface area contributed by atoms with E-state index in [1.807, 2.05) is 13.8 Å². The van der Waals surface area contributed by atoms with Gasteiger partial charge in [-0.1, -0.05) is 20.8 Å². The third kappa shape index (κ3) is 4.88. The van der Waals surface area contributed by atoms with Gasteiger partial charge in [0.05, 0.1) is 5.41 Å². The van der Waals surface area contributed by atoms with Gasteiger partial charge in [-0.25, -0.2) is 0 Å². The standard InChI is InChI=1S/C10H21NO2/c1-9(2,3)6-10(4,5)8(12)13-7-11/h6-7,11H2,1-5H3. The highest BCUT2D eigenvalue weighted by atomic mass is 16.5. The van der Waals surface area contributed by atoms with Gasteiger partial charge in [-0.2, -0.15) is 0 Å². The summed E-state index contributed by atoms with van der Waals surface area (Å²) in [7, 11) is 0. The molecule has 0 bridgehead atoms. The monoisotopic (exact) mass is 187 g/mol. The van der Waals surface area contributed by atoms with E-state index in [9.17, 15) is 4.79 Å². The maximum absolute atomic E-state index is 11.4. The van der Waals surface area contributed by atoms with E-state index in [0.29, 0.717) is 0 Å². The van der Waals surface area contributed by atoms with Crippen LogP contribution in [0.5, 0.6) is 0 Å². The molecule has 0 atom stereocenters. The number of hydrogen-bond acceptors (Lipinski definition) is 3. The predicted octanol–water partition coefficient (Wildman–Crippen LogP) is 1.91. The Hall–Kier alpha value is -0.570. The molecule has 0 saturated heterocycles. The SMILES string of the molecule is CC(C)(C)CC(C)(C)C(=O)OCN. The van der Waals surface area contributed by atoms with Gasteiger partial charge in [0.2, 0.25) is 0 Å². The van der Waals surface area contributed by atoms with Crippen molar-refractivity contribution < 1.29 is 9.53 Å². The van der Waals surface area contributed by atoms with Crippen LogP contribution in [0.1, 0.15) is 41.0 Å². The number of ether oxygens (including phenoxy) is 1. The van der Waals surface area contributed by atoms with Gasteiger partial charge in [-0.3, -0.25) is 10.5 Å². The van der Waals surface area contributed by atoms with E-state index in [-0.39, 0.29) is 18.1 Å². The second-order valence-corrected chi connectivity index (χ2v) is 5.22. The Balaban J connectivity index is 4.30. The quantitative estimate of drug-likeness (QED) is 0.542. The van der Waals surface area contributed by atoms with Gasteiger partial charge in [-0.15, -0.1) is 0 Å². The Kier molecular flexibility index (Phi) is 3.91. The lowest BCUT2D eigenvalue weighted by Crippen LogP contribution is -2.32. The molecular formula is C10H21NO2. The van der Waals surface area contributed by atoms with Crippen molar-refractivity contribution in [3.63, 3.8) is 0 Å². The summed E-state index contributed by atoms with van der Waals surface area (Å²) in [5, 5.41) is 0. The molecule has 0 rings (SSSR count). The molecule has 2 N–H and O–H groups in total.